The van der Waals surface area contributed by atoms with Gasteiger partial charge in [-0.1, -0.05) is 0 Å². The minimum atomic E-state index is -0.203. The van der Waals surface area contributed by atoms with Crippen LogP contribution < -0.4 is 15.4 Å². The highest BCUT2D eigenvalue weighted by molar-refractivity contribution is 5.92. The van der Waals surface area contributed by atoms with Crippen LogP contribution in [0.1, 0.15) is 19.4 Å². The fourth-order valence-corrected chi connectivity index (χ4v) is 2.04. The molecule has 2 rings (SSSR count). The van der Waals surface area contributed by atoms with Gasteiger partial charge in [-0.15, -0.1) is 0 Å². The van der Waals surface area contributed by atoms with E-state index in [-0.39, 0.29) is 18.1 Å². The number of amides is 1. The summed E-state index contributed by atoms with van der Waals surface area (Å²) in [5.74, 6) is 0.678. The summed E-state index contributed by atoms with van der Waals surface area (Å²) in [6.07, 6.45) is 0. The Hall–Kier alpha value is -1.59. The molecule has 0 unspecified atom stereocenters. The number of hydrogen-bond acceptors (Lipinski definition) is 4. The number of carbonyl (C=O) groups excluding carboxylic acids is 1. The van der Waals surface area contributed by atoms with Gasteiger partial charge in [-0.25, -0.2) is 0 Å². The van der Waals surface area contributed by atoms with Crippen LogP contribution in [0.4, 0.5) is 5.69 Å². The Kier molecular flexibility index (Phi) is 4.62. The van der Waals surface area contributed by atoms with Crippen LogP contribution in [0.15, 0.2) is 18.2 Å². The normalized spacial score (nSPS) is 16.4. The van der Waals surface area contributed by atoms with E-state index >= 15 is 0 Å². The van der Waals surface area contributed by atoms with Crippen molar-refractivity contribution in [1.82, 2.24) is 5.32 Å². The molecule has 0 bridgehead atoms. The van der Waals surface area contributed by atoms with Crippen molar-refractivity contribution in [3.05, 3.63) is 23.8 Å². The monoisotopic (exact) mass is 278 g/mol. The highest BCUT2D eigenvalue weighted by Gasteiger charge is 2.33. The van der Waals surface area contributed by atoms with Crippen LogP contribution in [-0.4, -0.2) is 37.8 Å². The zero-order valence-corrected chi connectivity index (χ0v) is 12.3. The molecule has 1 heterocycles. The van der Waals surface area contributed by atoms with Gasteiger partial charge in [0.15, 0.2) is 0 Å². The van der Waals surface area contributed by atoms with Crippen molar-refractivity contribution in [2.75, 3.05) is 31.6 Å². The number of ether oxygens (including phenoxy) is 2. The molecule has 0 saturated carbocycles. The number of hydrogen-bond donors (Lipinski definition) is 2. The molecule has 5 nitrogen and oxygen atoms in total. The molecule has 1 aromatic rings. The molecule has 0 aliphatic carbocycles. The summed E-state index contributed by atoms with van der Waals surface area (Å²) in [6, 6.07) is 5.62. The highest BCUT2D eigenvalue weighted by atomic mass is 16.5. The molecule has 0 radical (unpaired) electrons. The van der Waals surface area contributed by atoms with Gasteiger partial charge in [0.05, 0.1) is 12.2 Å². The Labute approximate surface area is 119 Å². The maximum absolute atomic E-state index is 11.9. The van der Waals surface area contributed by atoms with Crippen LogP contribution in [-0.2, 0) is 9.53 Å². The van der Waals surface area contributed by atoms with Crippen LogP contribution in [0.3, 0.4) is 0 Å². The summed E-state index contributed by atoms with van der Waals surface area (Å²) in [5.41, 5.74) is 1.56. The molecule has 1 amide bonds. The van der Waals surface area contributed by atoms with Crippen molar-refractivity contribution in [3.63, 3.8) is 0 Å². The molecule has 1 aliphatic heterocycles. The quantitative estimate of drug-likeness (QED) is 0.831. The number of aryl methyl sites for hydroxylation is 1. The average Bonchev–Trinajstić information content (AvgIpc) is 2.38. The van der Waals surface area contributed by atoms with Crippen LogP contribution in [0.5, 0.6) is 5.75 Å². The van der Waals surface area contributed by atoms with Crippen LogP contribution >= 0.6 is 0 Å². The topological polar surface area (TPSA) is 59.6 Å². The summed E-state index contributed by atoms with van der Waals surface area (Å²) in [4.78, 5) is 11.9. The molecule has 110 valence electrons. The lowest BCUT2D eigenvalue weighted by atomic mass is 10.0. The van der Waals surface area contributed by atoms with Crippen LogP contribution in [0.25, 0.3) is 0 Å². The van der Waals surface area contributed by atoms with E-state index in [9.17, 15) is 4.79 Å². The van der Waals surface area contributed by atoms with Crippen molar-refractivity contribution < 1.29 is 14.3 Å². The summed E-state index contributed by atoms with van der Waals surface area (Å²) in [7, 11) is 0. The third kappa shape index (κ3) is 3.71. The zero-order chi connectivity index (χ0) is 14.6. The van der Waals surface area contributed by atoms with E-state index in [1.54, 1.807) is 0 Å². The smallest absolute Gasteiger partial charge is 0.250 e. The third-order valence-electron chi connectivity index (χ3n) is 3.33. The Bertz CT molecular complexity index is 484. The first kappa shape index (κ1) is 14.8. The van der Waals surface area contributed by atoms with Gasteiger partial charge < -0.3 is 20.1 Å². The Balaban J connectivity index is 1.87. The molecule has 0 spiro atoms. The number of carbonyl (C=O) groups is 1. The minimum Gasteiger partial charge on any atom is -0.494 e. The first-order chi connectivity index (χ1) is 9.52. The van der Waals surface area contributed by atoms with Gasteiger partial charge >= 0.3 is 0 Å². The summed E-state index contributed by atoms with van der Waals surface area (Å²) in [5, 5.41) is 5.99. The molecule has 2 N–H and O–H groups in total. The highest BCUT2D eigenvalue weighted by Crippen LogP contribution is 2.21. The first-order valence-electron chi connectivity index (χ1n) is 6.90. The molecule has 0 atom stereocenters. The second-order valence-electron chi connectivity index (χ2n) is 5.30. The molecule has 1 aromatic carbocycles. The van der Waals surface area contributed by atoms with E-state index in [4.69, 9.17) is 9.47 Å². The Morgan fingerprint density at radius 2 is 2.20 bits per heavy atom. The third-order valence-corrected chi connectivity index (χ3v) is 3.33. The number of nitrogens with one attached hydrogen (secondary N) is 2. The molecule has 1 aliphatic rings. The molecular weight excluding hydrogens is 256 g/mol. The molecule has 20 heavy (non-hydrogen) atoms. The average molecular weight is 278 g/mol. The van der Waals surface area contributed by atoms with Crippen molar-refractivity contribution in [2.24, 2.45) is 0 Å². The van der Waals surface area contributed by atoms with Crippen molar-refractivity contribution in [2.45, 2.75) is 26.4 Å². The maximum atomic E-state index is 11.9. The second-order valence-corrected chi connectivity index (χ2v) is 5.30. The molecule has 1 fully saturated rings. The van der Waals surface area contributed by atoms with Gasteiger partial charge in [-0.2, -0.15) is 0 Å². The first-order valence-corrected chi connectivity index (χ1v) is 6.90. The molecular formula is C15H22N2O3. The summed E-state index contributed by atoms with van der Waals surface area (Å²) >= 11 is 0. The van der Waals surface area contributed by atoms with Gasteiger partial charge in [0.2, 0.25) is 5.91 Å². The van der Waals surface area contributed by atoms with E-state index in [1.807, 2.05) is 39.0 Å². The van der Waals surface area contributed by atoms with E-state index in [2.05, 4.69) is 10.6 Å². The molecule has 1 saturated heterocycles. The van der Waals surface area contributed by atoms with Gasteiger partial charge in [0.1, 0.15) is 12.4 Å². The van der Waals surface area contributed by atoms with Gasteiger partial charge in [0.25, 0.3) is 0 Å². The number of benzene rings is 1. The fraction of sp³-hybridized carbons (Fsp3) is 0.533. The van der Waals surface area contributed by atoms with E-state index in [0.29, 0.717) is 6.61 Å². The summed E-state index contributed by atoms with van der Waals surface area (Å²) in [6.45, 7) is 8.18. The SMILES string of the molecule is CCOc1ccc(NC(=O)COC2(C)CNC2)c(C)c1. The van der Waals surface area contributed by atoms with E-state index in [0.717, 1.165) is 30.1 Å². The predicted octanol–water partition coefficient (Wildman–Crippen LogP) is 1.71. The largest absolute Gasteiger partial charge is 0.494 e. The van der Waals surface area contributed by atoms with Crippen LogP contribution in [0, 0.1) is 6.92 Å². The fourth-order valence-electron chi connectivity index (χ4n) is 2.04. The summed E-state index contributed by atoms with van der Waals surface area (Å²) < 4.78 is 11.0. The van der Waals surface area contributed by atoms with E-state index < -0.39 is 0 Å². The van der Waals surface area contributed by atoms with Gasteiger partial charge in [-0.05, 0) is 44.5 Å². The standard InChI is InChI=1S/C15H22N2O3/c1-4-19-12-5-6-13(11(2)7-12)17-14(18)8-20-15(3)9-16-10-15/h5-7,16H,4,8-10H2,1-3H3,(H,17,18). The van der Waals surface area contributed by atoms with Crippen molar-refractivity contribution in [3.8, 4) is 5.75 Å². The number of rotatable bonds is 6. The second kappa shape index (κ2) is 6.24. The lowest BCUT2D eigenvalue weighted by Crippen LogP contribution is -2.59. The lowest BCUT2D eigenvalue weighted by Gasteiger charge is -2.38. The van der Waals surface area contributed by atoms with Gasteiger partial charge in [0, 0.05) is 18.8 Å². The molecule has 0 aromatic heterocycles. The Morgan fingerprint density at radius 3 is 2.75 bits per heavy atom. The number of anilines is 1. The predicted molar refractivity (Wildman–Crippen MR) is 78.2 cm³/mol. The van der Waals surface area contributed by atoms with Crippen molar-refractivity contribution in [1.29, 1.82) is 0 Å². The van der Waals surface area contributed by atoms with Crippen molar-refractivity contribution >= 4 is 11.6 Å². The minimum absolute atomic E-state index is 0.0742. The van der Waals surface area contributed by atoms with E-state index in [1.165, 1.54) is 0 Å². The van der Waals surface area contributed by atoms with Crippen LogP contribution in [0.2, 0.25) is 0 Å². The Morgan fingerprint density at radius 1 is 1.45 bits per heavy atom. The molecule has 5 heteroatoms. The zero-order valence-electron chi connectivity index (χ0n) is 12.3. The maximum Gasteiger partial charge on any atom is 0.250 e. The van der Waals surface area contributed by atoms with Gasteiger partial charge in [-0.3, -0.25) is 4.79 Å². The lowest BCUT2D eigenvalue weighted by molar-refractivity contribution is -0.130.